The fourth-order valence-corrected chi connectivity index (χ4v) is 4.28. The Labute approximate surface area is 192 Å². The molecule has 3 N–H and O–H groups in total. The van der Waals surface area contributed by atoms with E-state index in [0.717, 1.165) is 5.56 Å². The van der Waals surface area contributed by atoms with Crippen LogP contribution < -0.4 is 15.5 Å². The zero-order valence-electron chi connectivity index (χ0n) is 16.8. The van der Waals surface area contributed by atoms with Crippen LogP contribution in [0.4, 0.5) is 30.5 Å². The lowest BCUT2D eigenvalue weighted by Crippen LogP contribution is -2.39. The van der Waals surface area contributed by atoms with E-state index in [1.54, 1.807) is 30.3 Å². The molecule has 1 aliphatic rings. The van der Waals surface area contributed by atoms with Gasteiger partial charge in [0.15, 0.2) is 0 Å². The molecule has 0 aliphatic carbocycles. The van der Waals surface area contributed by atoms with Gasteiger partial charge in [0, 0.05) is 19.6 Å². The van der Waals surface area contributed by atoms with Crippen LogP contribution in [0.5, 0.6) is 0 Å². The number of fused-ring (bicyclic) bond motifs is 1. The topological polar surface area (TPSA) is 73.1 Å². The van der Waals surface area contributed by atoms with Gasteiger partial charge in [-0.05, 0) is 42.7 Å². The fraction of sp³-hybridized carbons (Fsp3) is 0.333. The number of anilines is 3. The number of benzene rings is 2. The molecule has 0 spiro atoms. The van der Waals surface area contributed by atoms with Crippen molar-refractivity contribution in [2.45, 2.75) is 25.6 Å². The number of aromatic nitrogens is 2. The molecule has 1 saturated heterocycles. The van der Waals surface area contributed by atoms with Gasteiger partial charge in [0.25, 0.3) is 0 Å². The van der Waals surface area contributed by atoms with E-state index in [9.17, 15) is 18.0 Å². The molecule has 1 amide bonds. The molecule has 2 heterocycles. The number of amides is 1. The molecular formula is C21H20Cl2F3N5O. The molecule has 0 bridgehead atoms. The molecule has 0 radical (unpaired) electrons. The fourth-order valence-electron chi connectivity index (χ4n) is 3.83. The van der Waals surface area contributed by atoms with Crippen molar-refractivity contribution in [3.05, 3.63) is 45.9 Å². The molecule has 170 valence electrons. The largest absolute Gasteiger partial charge is 0.391 e. The van der Waals surface area contributed by atoms with Crippen molar-refractivity contribution in [1.29, 1.82) is 0 Å². The van der Waals surface area contributed by atoms with E-state index in [4.69, 9.17) is 23.2 Å². The van der Waals surface area contributed by atoms with Crippen LogP contribution in [0.15, 0.2) is 30.3 Å². The summed E-state index contributed by atoms with van der Waals surface area (Å²) in [6.45, 7) is 0.920. The molecule has 1 aromatic heterocycles. The highest BCUT2D eigenvalue weighted by molar-refractivity contribution is 6.34. The van der Waals surface area contributed by atoms with Crippen molar-refractivity contribution in [3.8, 4) is 0 Å². The van der Waals surface area contributed by atoms with Crippen molar-refractivity contribution in [1.82, 2.24) is 15.3 Å². The van der Waals surface area contributed by atoms with Crippen molar-refractivity contribution in [3.63, 3.8) is 0 Å². The minimum Gasteiger partial charge on any atom is -0.370 e. The highest BCUT2D eigenvalue weighted by Crippen LogP contribution is 2.38. The maximum atomic E-state index is 13.0. The Morgan fingerprint density at radius 1 is 1.16 bits per heavy atom. The molecule has 0 saturated carbocycles. The van der Waals surface area contributed by atoms with Gasteiger partial charge in [0.05, 0.1) is 38.4 Å². The first-order valence-corrected chi connectivity index (χ1v) is 10.7. The second-order valence-corrected chi connectivity index (χ2v) is 8.46. The Hall–Kier alpha value is -2.65. The highest BCUT2D eigenvalue weighted by Gasteiger charge is 2.41. The summed E-state index contributed by atoms with van der Waals surface area (Å²) in [4.78, 5) is 20.0. The Kier molecular flexibility index (Phi) is 6.39. The lowest BCUT2D eigenvalue weighted by atomic mass is 9.96. The molecule has 1 fully saturated rings. The van der Waals surface area contributed by atoms with Crippen LogP contribution in [0.1, 0.15) is 18.4 Å². The first-order valence-electron chi connectivity index (χ1n) is 9.98. The summed E-state index contributed by atoms with van der Waals surface area (Å²) < 4.78 is 38.9. The van der Waals surface area contributed by atoms with Crippen LogP contribution in [0.25, 0.3) is 11.0 Å². The number of rotatable bonds is 6. The summed E-state index contributed by atoms with van der Waals surface area (Å²) in [6.07, 6.45) is -3.46. The Morgan fingerprint density at radius 2 is 1.91 bits per heavy atom. The minimum atomic E-state index is -4.16. The smallest absolute Gasteiger partial charge is 0.370 e. The number of carbonyl (C=O) groups is 1. The van der Waals surface area contributed by atoms with Gasteiger partial charge in [0.1, 0.15) is 0 Å². The maximum Gasteiger partial charge on any atom is 0.391 e. The third kappa shape index (κ3) is 4.88. The maximum absolute atomic E-state index is 13.0. The molecule has 11 heteroatoms. The summed E-state index contributed by atoms with van der Waals surface area (Å²) in [6, 6.07) is 8.81. The van der Waals surface area contributed by atoms with Gasteiger partial charge < -0.3 is 20.5 Å². The highest BCUT2D eigenvalue weighted by atomic mass is 35.5. The summed E-state index contributed by atoms with van der Waals surface area (Å²) in [5.74, 6) is -0.837. The standard InChI is InChI=1S/C21H20Cl2F3N5O/c22-14-2-1-12(10-27-11-32)7-16(14)28-20-29-17-8-15(23)19(9-18(17)30-20)31-5-3-13(4-6-31)21(24,25)26/h1-2,7-9,11,13H,3-6,10H2,(H,27,32)(H2,28,29,30). The van der Waals surface area contributed by atoms with Gasteiger partial charge in [-0.2, -0.15) is 13.2 Å². The quantitative estimate of drug-likeness (QED) is 0.395. The summed E-state index contributed by atoms with van der Waals surface area (Å²) in [5, 5.41) is 6.64. The van der Waals surface area contributed by atoms with Gasteiger partial charge in [-0.15, -0.1) is 0 Å². The zero-order chi connectivity index (χ0) is 22.9. The lowest BCUT2D eigenvalue weighted by molar-refractivity contribution is -0.179. The number of aromatic amines is 1. The third-order valence-electron chi connectivity index (χ3n) is 5.52. The molecule has 3 aromatic rings. The van der Waals surface area contributed by atoms with E-state index in [2.05, 4.69) is 20.6 Å². The minimum absolute atomic E-state index is 0.0407. The molecular weight excluding hydrogens is 466 g/mol. The average Bonchev–Trinajstić information content (AvgIpc) is 3.14. The van der Waals surface area contributed by atoms with E-state index in [1.807, 2.05) is 4.90 Å². The van der Waals surface area contributed by atoms with E-state index in [1.165, 1.54) is 0 Å². The van der Waals surface area contributed by atoms with Crippen LogP contribution >= 0.6 is 23.2 Å². The van der Waals surface area contributed by atoms with E-state index in [0.29, 0.717) is 51.4 Å². The van der Waals surface area contributed by atoms with E-state index >= 15 is 0 Å². The number of nitrogens with one attached hydrogen (secondary N) is 3. The van der Waals surface area contributed by atoms with Gasteiger partial charge in [-0.25, -0.2) is 4.98 Å². The predicted molar refractivity (Wildman–Crippen MR) is 120 cm³/mol. The number of H-pyrrole nitrogens is 1. The van der Waals surface area contributed by atoms with Crippen LogP contribution in [0.2, 0.25) is 10.0 Å². The predicted octanol–water partition coefficient (Wildman–Crippen LogP) is 5.64. The van der Waals surface area contributed by atoms with Gasteiger partial charge in [-0.1, -0.05) is 29.3 Å². The first-order chi connectivity index (χ1) is 15.2. The average molecular weight is 486 g/mol. The second kappa shape index (κ2) is 9.07. The molecule has 4 rings (SSSR count). The summed E-state index contributed by atoms with van der Waals surface area (Å²) in [5.41, 5.74) is 3.43. The molecule has 0 unspecified atom stereocenters. The normalized spacial score (nSPS) is 15.2. The Balaban J connectivity index is 1.54. The van der Waals surface area contributed by atoms with Crippen LogP contribution in [0, 0.1) is 5.92 Å². The number of nitrogens with zero attached hydrogens (tertiary/aromatic N) is 2. The third-order valence-corrected chi connectivity index (χ3v) is 6.15. The van der Waals surface area contributed by atoms with Gasteiger partial charge >= 0.3 is 6.18 Å². The number of alkyl halides is 3. The molecule has 2 aromatic carbocycles. The number of hydrogen-bond donors (Lipinski definition) is 3. The van der Waals surface area contributed by atoms with Crippen LogP contribution in [-0.2, 0) is 11.3 Å². The van der Waals surface area contributed by atoms with Gasteiger partial charge in [-0.3, -0.25) is 4.79 Å². The number of imidazole rings is 1. The van der Waals surface area contributed by atoms with E-state index in [-0.39, 0.29) is 25.9 Å². The monoisotopic (exact) mass is 485 g/mol. The van der Waals surface area contributed by atoms with E-state index < -0.39 is 12.1 Å². The molecule has 32 heavy (non-hydrogen) atoms. The Morgan fingerprint density at radius 3 is 2.59 bits per heavy atom. The number of halogens is 5. The first kappa shape index (κ1) is 22.5. The number of hydrogen-bond acceptors (Lipinski definition) is 4. The zero-order valence-corrected chi connectivity index (χ0v) is 18.3. The van der Waals surface area contributed by atoms with Crippen LogP contribution in [-0.4, -0.2) is 35.6 Å². The molecule has 1 aliphatic heterocycles. The Bertz CT molecular complexity index is 1130. The van der Waals surface area contributed by atoms with Crippen molar-refractivity contribution in [2.75, 3.05) is 23.3 Å². The summed E-state index contributed by atoms with van der Waals surface area (Å²) >= 11 is 12.7. The van der Waals surface area contributed by atoms with Crippen LogP contribution in [0.3, 0.4) is 0 Å². The van der Waals surface area contributed by atoms with Gasteiger partial charge in [0.2, 0.25) is 12.4 Å². The van der Waals surface area contributed by atoms with Crippen molar-refractivity contribution < 1.29 is 18.0 Å². The number of carbonyl (C=O) groups excluding carboxylic acids is 1. The number of piperidine rings is 1. The summed E-state index contributed by atoms with van der Waals surface area (Å²) in [7, 11) is 0. The molecule has 0 atom stereocenters. The molecule has 6 nitrogen and oxygen atoms in total. The lowest BCUT2D eigenvalue weighted by Gasteiger charge is -2.34. The van der Waals surface area contributed by atoms with Crippen molar-refractivity contribution >= 4 is 58.0 Å². The second-order valence-electron chi connectivity index (χ2n) is 7.65. The van der Waals surface area contributed by atoms with Crippen molar-refractivity contribution in [2.24, 2.45) is 5.92 Å². The SMILES string of the molecule is O=CNCc1ccc(Cl)c(Nc2nc3cc(N4CCC(C(F)(F)F)CC4)c(Cl)cc3[nH]2)c1.